The van der Waals surface area contributed by atoms with Crippen molar-refractivity contribution in [2.75, 3.05) is 0 Å². The Morgan fingerprint density at radius 2 is 1.42 bits per heavy atom. The Hall–Kier alpha value is -2.26. The first kappa shape index (κ1) is 11.8. The van der Waals surface area contributed by atoms with Gasteiger partial charge in [-0.05, 0) is 28.5 Å². The van der Waals surface area contributed by atoms with Crippen LogP contribution in [0.15, 0.2) is 66.7 Å². The van der Waals surface area contributed by atoms with Crippen molar-refractivity contribution in [3.63, 3.8) is 0 Å². The average Bonchev–Trinajstić information content (AvgIpc) is 2.48. The lowest BCUT2D eigenvalue weighted by molar-refractivity contribution is 0.455. The summed E-state index contributed by atoms with van der Waals surface area (Å²) in [6, 6.07) is 22.1. The maximum Gasteiger partial charge on any atom is 0.569 e. The fourth-order valence-corrected chi connectivity index (χ4v) is 2.22. The molecule has 3 rings (SSSR count). The van der Waals surface area contributed by atoms with Gasteiger partial charge >= 0.3 is 7.69 Å². The van der Waals surface area contributed by atoms with Crippen molar-refractivity contribution in [2.24, 2.45) is 0 Å². The first-order valence-corrected chi connectivity index (χ1v) is 6.09. The van der Waals surface area contributed by atoms with Gasteiger partial charge in [-0.1, -0.05) is 54.6 Å². The number of fused-ring (bicyclic) bond motifs is 1. The molecule has 0 saturated carbocycles. The van der Waals surface area contributed by atoms with E-state index in [1.165, 1.54) is 0 Å². The molecule has 3 aromatic rings. The van der Waals surface area contributed by atoms with Crippen LogP contribution in [0.1, 0.15) is 0 Å². The Morgan fingerprint density at radius 3 is 2.11 bits per heavy atom. The van der Waals surface area contributed by atoms with Crippen LogP contribution in [-0.2, 0) is 0 Å². The molecule has 1 radical (unpaired) electrons. The molecule has 0 aliphatic heterocycles. The predicted octanol–water partition coefficient (Wildman–Crippen LogP) is 3.41. The fraction of sp³-hybridized carbons (Fsp3) is 0. The maximum atomic E-state index is 8.92. The lowest BCUT2D eigenvalue weighted by Gasteiger charge is -2.11. The van der Waals surface area contributed by atoms with E-state index >= 15 is 0 Å². The van der Waals surface area contributed by atoms with Crippen LogP contribution < -0.4 is 4.65 Å². The summed E-state index contributed by atoms with van der Waals surface area (Å²) in [5, 5.41) is 11.1. The van der Waals surface area contributed by atoms with Gasteiger partial charge in [-0.15, -0.1) is 0 Å². The molecule has 91 valence electrons. The molecule has 0 bridgehead atoms. The molecule has 1 N–H and O–H groups in total. The number of hydrogen-bond donors (Lipinski definition) is 1. The summed E-state index contributed by atoms with van der Waals surface area (Å²) >= 11 is 0. The molecule has 2 nitrogen and oxygen atoms in total. The summed E-state index contributed by atoms with van der Waals surface area (Å²) in [5.74, 6) is 0.646. The Morgan fingerprint density at radius 1 is 0.789 bits per heavy atom. The smallest absolute Gasteiger partial charge is 0.537 e. The van der Waals surface area contributed by atoms with Crippen molar-refractivity contribution in [3.05, 3.63) is 66.7 Å². The molecule has 0 unspecified atom stereocenters. The minimum absolute atomic E-state index is 0.646. The summed E-state index contributed by atoms with van der Waals surface area (Å²) in [5.41, 5.74) is 2.02. The highest BCUT2D eigenvalue weighted by Gasteiger charge is 2.08. The van der Waals surface area contributed by atoms with E-state index in [9.17, 15) is 0 Å². The van der Waals surface area contributed by atoms with Crippen molar-refractivity contribution < 1.29 is 9.68 Å². The van der Waals surface area contributed by atoms with Crippen LogP contribution >= 0.6 is 0 Å². The average molecular weight is 247 g/mol. The Balaban J connectivity index is 2.23. The van der Waals surface area contributed by atoms with Gasteiger partial charge in [0.15, 0.2) is 0 Å². The molecule has 0 saturated heterocycles. The molecule has 0 spiro atoms. The van der Waals surface area contributed by atoms with Crippen LogP contribution in [0, 0.1) is 0 Å². The zero-order valence-corrected chi connectivity index (χ0v) is 10.3. The second kappa shape index (κ2) is 5.16. The van der Waals surface area contributed by atoms with E-state index in [0.717, 1.165) is 29.6 Å². The van der Waals surface area contributed by atoms with E-state index < -0.39 is 0 Å². The molecule has 0 heterocycles. The molecule has 3 aromatic carbocycles. The van der Waals surface area contributed by atoms with Gasteiger partial charge in [0.1, 0.15) is 5.75 Å². The van der Waals surface area contributed by atoms with E-state index in [4.69, 9.17) is 9.68 Å². The number of hydrogen-bond acceptors (Lipinski definition) is 2. The molecular weight excluding hydrogens is 235 g/mol. The molecule has 0 atom stereocenters. The quantitative estimate of drug-likeness (QED) is 0.718. The summed E-state index contributed by atoms with van der Waals surface area (Å²) < 4.78 is 5.23. The van der Waals surface area contributed by atoms with Gasteiger partial charge in [-0.3, -0.25) is 0 Å². The topological polar surface area (TPSA) is 29.5 Å². The second-order valence-electron chi connectivity index (χ2n) is 4.28. The van der Waals surface area contributed by atoms with Gasteiger partial charge in [0.25, 0.3) is 0 Å². The molecule has 0 aliphatic carbocycles. The standard InChI is InChI=1S/C16H12BO2/c18-17-19-16-11-14-9-5-4-8-13(14)10-15(16)12-6-2-1-3-7-12/h1-11,18H. The Kier molecular flexibility index (Phi) is 3.21. The third-order valence-electron chi connectivity index (χ3n) is 3.11. The molecule has 0 amide bonds. The van der Waals surface area contributed by atoms with Crippen molar-refractivity contribution in [2.45, 2.75) is 0 Å². The van der Waals surface area contributed by atoms with E-state index in [1.807, 2.05) is 54.6 Å². The summed E-state index contributed by atoms with van der Waals surface area (Å²) in [4.78, 5) is 0. The van der Waals surface area contributed by atoms with Gasteiger partial charge in [-0.25, -0.2) is 0 Å². The first-order chi connectivity index (χ1) is 9.38. The Labute approximate surface area is 112 Å². The fourth-order valence-electron chi connectivity index (χ4n) is 2.22. The zero-order valence-electron chi connectivity index (χ0n) is 10.3. The van der Waals surface area contributed by atoms with Crippen LogP contribution in [0.5, 0.6) is 5.75 Å². The van der Waals surface area contributed by atoms with Crippen molar-refractivity contribution >= 4 is 18.5 Å². The van der Waals surface area contributed by atoms with E-state index in [0.29, 0.717) is 5.75 Å². The molecular formula is C16H12BO2. The van der Waals surface area contributed by atoms with Gasteiger partial charge in [-0.2, -0.15) is 0 Å². The summed E-state index contributed by atoms with van der Waals surface area (Å²) in [7, 11) is 0.719. The summed E-state index contributed by atoms with van der Waals surface area (Å²) in [6.45, 7) is 0. The highest BCUT2D eigenvalue weighted by Crippen LogP contribution is 2.33. The zero-order chi connectivity index (χ0) is 13.1. The van der Waals surface area contributed by atoms with E-state index in [-0.39, 0.29) is 0 Å². The van der Waals surface area contributed by atoms with Gasteiger partial charge < -0.3 is 9.68 Å². The molecule has 0 aliphatic rings. The maximum absolute atomic E-state index is 8.92. The monoisotopic (exact) mass is 247 g/mol. The largest absolute Gasteiger partial charge is 0.569 e. The summed E-state index contributed by atoms with van der Waals surface area (Å²) in [6.07, 6.45) is 0. The minimum atomic E-state index is 0.646. The minimum Gasteiger partial charge on any atom is -0.537 e. The molecule has 3 heteroatoms. The van der Waals surface area contributed by atoms with Crippen LogP contribution in [0.25, 0.3) is 21.9 Å². The van der Waals surface area contributed by atoms with Crippen LogP contribution in [0.4, 0.5) is 0 Å². The normalized spacial score (nSPS) is 10.4. The van der Waals surface area contributed by atoms with Gasteiger partial charge in [0.2, 0.25) is 0 Å². The number of rotatable bonds is 3. The van der Waals surface area contributed by atoms with Crippen LogP contribution in [-0.4, -0.2) is 12.7 Å². The predicted molar refractivity (Wildman–Crippen MR) is 78.0 cm³/mol. The van der Waals surface area contributed by atoms with Crippen LogP contribution in [0.2, 0.25) is 0 Å². The molecule has 0 aromatic heterocycles. The van der Waals surface area contributed by atoms with Crippen molar-refractivity contribution in [1.82, 2.24) is 0 Å². The highest BCUT2D eigenvalue weighted by atomic mass is 16.5. The third-order valence-corrected chi connectivity index (χ3v) is 3.11. The molecule has 19 heavy (non-hydrogen) atoms. The third kappa shape index (κ3) is 2.33. The van der Waals surface area contributed by atoms with E-state index in [2.05, 4.69) is 12.1 Å². The number of benzene rings is 3. The van der Waals surface area contributed by atoms with E-state index in [1.54, 1.807) is 0 Å². The lowest BCUT2D eigenvalue weighted by atomic mass is 10.00. The second-order valence-corrected chi connectivity index (χ2v) is 4.28. The van der Waals surface area contributed by atoms with Gasteiger partial charge in [0.05, 0.1) is 0 Å². The first-order valence-electron chi connectivity index (χ1n) is 6.09. The Bertz CT molecular complexity index is 695. The van der Waals surface area contributed by atoms with Crippen molar-refractivity contribution in [1.29, 1.82) is 0 Å². The van der Waals surface area contributed by atoms with Crippen LogP contribution in [0.3, 0.4) is 0 Å². The highest BCUT2D eigenvalue weighted by molar-refractivity contribution is 6.17. The van der Waals surface area contributed by atoms with Gasteiger partial charge in [0, 0.05) is 5.56 Å². The van der Waals surface area contributed by atoms with Crippen molar-refractivity contribution in [3.8, 4) is 16.9 Å². The lowest BCUT2D eigenvalue weighted by Crippen LogP contribution is -2.01. The SMILES string of the molecule is O[B]Oc1cc2ccccc2cc1-c1ccccc1. The molecule has 0 fully saturated rings.